The number of aromatic amines is 1. The molecule has 0 amide bonds. The summed E-state index contributed by atoms with van der Waals surface area (Å²) in [7, 11) is 0. The molecule has 2 rings (SSSR count). The number of H-pyrrole nitrogens is 1. The highest BCUT2D eigenvalue weighted by Crippen LogP contribution is 2.17. The summed E-state index contributed by atoms with van der Waals surface area (Å²) in [5, 5.41) is 7.18. The lowest BCUT2D eigenvalue weighted by Crippen LogP contribution is -2.14. The second-order valence-corrected chi connectivity index (χ2v) is 2.32. The van der Waals surface area contributed by atoms with Gasteiger partial charge in [-0.1, -0.05) is 0 Å². The number of hydrazine groups is 2. The van der Waals surface area contributed by atoms with Crippen molar-refractivity contribution in [3.8, 4) is 0 Å². The Labute approximate surface area is 72.7 Å². The van der Waals surface area contributed by atoms with Gasteiger partial charge in [0.25, 0.3) is 0 Å². The minimum Gasteiger partial charge on any atom is -0.308 e. The molecule has 8 heteroatoms. The number of anilines is 2. The quantitative estimate of drug-likeness (QED) is 0.293. The van der Waals surface area contributed by atoms with Gasteiger partial charge in [-0.25, -0.2) is 11.7 Å². The van der Waals surface area contributed by atoms with Crippen LogP contribution in [0, 0.1) is 0 Å². The summed E-state index contributed by atoms with van der Waals surface area (Å²) >= 11 is 0. The van der Waals surface area contributed by atoms with Crippen LogP contribution in [0.5, 0.6) is 0 Å². The van der Waals surface area contributed by atoms with Gasteiger partial charge < -0.3 is 5.43 Å². The molecule has 0 aliphatic heterocycles. The Hall–Kier alpha value is -1.93. The monoisotopic (exact) mass is 180 g/mol. The van der Waals surface area contributed by atoms with Crippen LogP contribution in [0.4, 0.5) is 11.8 Å². The Morgan fingerprint density at radius 1 is 1.23 bits per heavy atom. The molecule has 2 aromatic rings. The van der Waals surface area contributed by atoms with Crippen molar-refractivity contribution in [1.29, 1.82) is 0 Å². The van der Waals surface area contributed by atoms with Crippen LogP contribution < -0.4 is 22.5 Å². The van der Waals surface area contributed by atoms with Crippen LogP contribution in [0.3, 0.4) is 0 Å². The van der Waals surface area contributed by atoms with Gasteiger partial charge in [-0.2, -0.15) is 15.1 Å². The molecular weight excluding hydrogens is 172 g/mol. The summed E-state index contributed by atoms with van der Waals surface area (Å²) < 4.78 is 0. The van der Waals surface area contributed by atoms with Gasteiger partial charge in [0, 0.05) is 0 Å². The fraction of sp³-hybridized carbons (Fsp3) is 0. The Morgan fingerprint density at radius 2 is 2.08 bits per heavy atom. The normalized spacial score (nSPS) is 10.3. The van der Waals surface area contributed by atoms with Crippen molar-refractivity contribution in [1.82, 2.24) is 20.2 Å². The van der Waals surface area contributed by atoms with Crippen LogP contribution >= 0.6 is 0 Å². The summed E-state index contributed by atoms with van der Waals surface area (Å²) in [4.78, 5) is 7.97. The molecule has 0 aliphatic rings. The largest absolute Gasteiger partial charge is 0.308 e. The predicted octanol–water partition coefficient (Wildman–Crippen LogP) is -1.08. The van der Waals surface area contributed by atoms with E-state index in [1.165, 1.54) is 0 Å². The van der Waals surface area contributed by atoms with Crippen LogP contribution in [-0.2, 0) is 0 Å². The van der Waals surface area contributed by atoms with E-state index in [0.29, 0.717) is 16.9 Å². The van der Waals surface area contributed by atoms with E-state index < -0.39 is 0 Å². The first kappa shape index (κ1) is 7.71. The lowest BCUT2D eigenvalue weighted by Gasteiger charge is -2.02. The lowest BCUT2D eigenvalue weighted by atomic mass is 10.4. The van der Waals surface area contributed by atoms with Gasteiger partial charge in [0.1, 0.15) is 0 Å². The van der Waals surface area contributed by atoms with Gasteiger partial charge >= 0.3 is 0 Å². The molecule has 8 nitrogen and oxygen atoms in total. The molecule has 2 heterocycles. The number of nitrogens with one attached hydrogen (secondary N) is 3. The van der Waals surface area contributed by atoms with Crippen LogP contribution in [-0.4, -0.2) is 20.2 Å². The van der Waals surface area contributed by atoms with Crippen molar-refractivity contribution >= 4 is 22.8 Å². The van der Waals surface area contributed by atoms with E-state index in [0.717, 1.165) is 0 Å². The minimum atomic E-state index is 0.268. The fourth-order valence-corrected chi connectivity index (χ4v) is 1.01. The van der Waals surface area contributed by atoms with Crippen LogP contribution in [0.2, 0.25) is 0 Å². The number of rotatable bonds is 2. The molecule has 2 aromatic heterocycles. The number of fused-ring (bicyclic) bond motifs is 1. The van der Waals surface area contributed by atoms with Gasteiger partial charge in [-0.3, -0.25) is 10.5 Å². The first-order valence-corrected chi connectivity index (χ1v) is 3.49. The summed E-state index contributed by atoms with van der Waals surface area (Å²) in [5.41, 5.74) is 5.31. The Balaban J connectivity index is 2.70. The third-order valence-electron chi connectivity index (χ3n) is 1.58. The number of hydrogen-bond donors (Lipinski definition) is 5. The number of nitrogens with zero attached hydrogens (tertiary/aromatic N) is 3. The highest BCUT2D eigenvalue weighted by molar-refractivity contribution is 5.86. The van der Waals surface area contributed by atoms with E-state index >= 15 is 0 Å². The topological polar surface area (TPSA) is 131 Å². The summed E-state index contributed by atoms with van der Waals surface area (Å²) in [5.74, 6) is 11.1. The van der Waals surface area contributed by atoms with Crippen molar-refractivity contribution in [2.45, 2.75) is 0 Å². The molecule has 0 fully saturated rings. The minimum absolute atomic E-state index is 0.268. The molecule has 0 aliphatic carbocycles. The van der Waals surface area contributed by atoms with Crippen LogP contribution in [0.15, 0.2) is 6.20 Å². The predicted molar refractivity (Wildman–Crippen MR) is 47.3 cm³/mol. The molecule has 68 valence electrons. The van der Waals surface area contributed by atoms with E-state index in [4.69, 9.17) is 11.7 Å². The summed E-state index contributed by atoms with van der Waals surface area (Å²) in [6, 6.07) is 0. The standard InChI is InChI=1S/C5H8N8/c6-11-3-2-1-8-13-4(2)10-5(9-3)12-7/h1H,6-7H2,(H3,8,9,10,11,12,13). The number of nitrogen functional groups attached to an aromatic ring is 2. The van der Waals surface area contributed by atoms with Gasteiger partial charge in [-0.15, -0.1) is 0 Å². The average Bonchev–Trinajstić information content (AvgIpc) is 2.63. The Kier molecular flexibility index (Phi) is 1.69. The van der Waals surface area contributed by atoms with Gasteiger partial charge in [-0.05, 0) is 0 Å². The van der Waals surface area contributed by atoms with E-state index in [1.807, 2.05) is 0 Å². The van der Waals surface area contributed by atoms with Crippen LogP contribution in [0.25, 0.3) is 11.0 Å². The van der Waals surface area contributed by atoms with Gasteiger partial charge in [0.2, 0.25) is 5.95 Å². The maximum atomic E-state index is 5.25. The molecule has 0 aromatic carbocycles. The van der Waals surface area contributed by atoms with E-state index in [9.17, 15) is 0 Å². The molecule has 0 spiro atoms. The van der Waals surface area contributed by atoms with E-state index in [-0.39, 0.29) is 5.95 Å². The summed E-state index contributed by atoms with van der Waals surface area (Å²) in [6.07, 6.45) is 1.57. The first-order chi connectivity index (χ1) is 6.35. The third kappa shape index (κ3) is 1.13. The van der Waals surface area contributed by atoms with Crippen LogP contribution in [0.1, 0.15) is 0 Å². The molecule has 13 heavy (non-hydrogen) atoms. The van der Waals surface area contributed by atoms with Gasteiger partial charge in [0.05, 0.1) is 11.6 Å². The lowest BCUT2D eigenvalue weighted by molar-refractivity contribution is 1.08. The zero-order valence-electron chi connectivity index (χ0n) is 6.57. The van der Waals surface area contributed by atoms with Crippen molar-refractivity contribution in [3.05, 3.63) is 6.20 Å². The fourth-order valence-electron chi connectivity index (χ4n) is 1.01. The highest BCUT2D eigenvalue weighted by atomic mass is 15.3. The number of aromatic nitrogens is 4. The molecule has 7 N–H and O–H groups in total. The van der Waals surface area contributed by atoms with Crippen molar-refractivity contribution in [2.75, 3.05) is 10.9 Å². The maximum absolute atomic E-state index is 5.25. The van der Waals surface area contributed by atoms with E-state index in [1.54, 1.807) is 6.20 Å². The molecule has 0 saturated heterocycles. The maximum Gasteiger partial charge on any atom is 0.241 e. The van der Waals surface area contributed by atoms with Crippen molar-refractivity contribution in [3.63, 3.8) is 0 Å². The highest BCUT2D eigenvalue weighted by Gasteiger charge is 2.06. The Morgan fingerprint density at radius 3 is 2.77 bits per heavy atom. The summed E-state index contributed by atoms with van der Waals surface area (Å²) in [6.45, 7) is 0. The molecule has 0 radical (unpaired) electrons. The second kappa shape index (κ2) is 2.84. The van der Waals surface area contributed by atoms with Gasteiger partial charge in [0.15, 0.2) is 11.5 Å². The molecular formula is C5H8N8. The zero-order valence-corrected chi connectivity index (χ0v) is 6.57. The second-order valence-electron chi connectivity index (χ2n) is 2.32. The molecule has 0 unspecified atom stereocenters. The molecule has 0 bridgehead atoms. The van der Waals surface area contributed by atoms with E-state index in [2.05, 4.69) is 31.0 Å². The Bertz CT molecular complexity index is 419. The van der Waals surface area contributed by atoms with Crippen molar-refractivity contribution < 1.29 is 0 Å². The first-order valence-electron chi connectivity index (χ1n) is 3.49. The SMILES string of the molecule is NNc1nc(NN)c2cn[nH]c2n1. The molecule has 0 saturated carbocycles. The molecule has 0 atom stereocenters. The average molecular weight is 180 g/mol. The zero-order chi connectivity index (χ0) is 9.26. The number of hydrogen-bond acceptors (Lipinski definition) is 7. The smallest absolute Gasteiger partial charge is 0.241 e. The third-order valence-corrected chi connectivity index (χ3v) is 1.58. The van der Waals surface area contributed by atoms with Crippen molar-refractivity contribution in [2.24, 2.45) is 11.7 Å². The number of nitrogens with two attached hydrogens (primary N) is 2.